The summed E-state index contributed by atoms with van der Waals surface area (Å²) < 4.78 is 5.40. The fraction of sp³-hybridized carbons (Fsp3) is 0.359. The predicted octanol–water partition coefficient (Wildman–Crippen LogP) is 1.37. The van der Waals surface area contributed by atoms with E-state index in [1.165, 1.54) is 6.92 Å². The Morgan fingerprint density at radius 2 is 1.20 bits per heavy atom. The van der Waals surface area contributed by atoms with Gasteiger partial charge in [0.15, 0.2) is 12.2 Å². The highest BCUT2D eigenvalue weighted by Gasteiger charge is 2.52. The van der Waals surface area contributed by atoms with Gasteiger partial charge in [-0.3, -0.25) is 44.4 Å². The van der Waals surface area contributed by atoms with Gasteiger partial charge < -0.3 is 30.7 Å². The van der Waals surface area contributed by atoms with E-state index < -0.39 is 72.3 Å². The molecule has 2 unspecified atom stereocenters. The summed E-state index contributed by atoms with van der Waals surface area (Å²) >= 11 is 0. The molecule has 0 spiro atoms. The molecule has 1 saturated heterocycles. The number of aliphatic carboxylic acids is 1. The van der Waals surface area contributed by atoms with Crippen molar-refractivity contribution in [1.82, 2.24) is 31.7 Å². The minimum atomic E-state index is -1.65. The second-order valence-electron chi connectivity index (χ2n) is 13.3. The van der Waals surface area contributed by atoms with Crippen molar-refractivity contribution in [3.63, 3.8) is 0 Å². The Labute approximate surface area is 313 Å². The molecule has 5 atom stereocenters. The second kappa shape index (κ2) is 19.7. The lowest BCUT2D eigenvalue weighted by atomic mass is 10.0. The first-order chi connectivity index (χ1) is 25.8. The molecular formula is C39H46N6O9. The van der Waals surface area contributed by atoms with Gasteiger partial charge >= 0.3 is 5.97 Å². The van der Waals surface area contributed by atoms with Crippen LogP contribution in [-0.2, 0) is 57.8 Å². The number of aryl methyl sites for hydroxylation is 1. The van der Waals surface area contributed by atoms with E-state index in [2.05, 4.69) is 26.8 Å². The summed E-state index contributed by atoms with van der Waals surface area (Å²) in [7, 11) is 0. The normalized spacial score (nSPS) is 16.1. The van der Waals surface area contributed by atoms with Gasteiger partial charge in [-0.05, 0) is 36.0 Å². The topological polar surface area (TPSA) is 216 Å². The van der Waals surface area contributed by atoms with E-state index in [4.69, 9.17) is 4.74 Å². The molecule has 0 aliphatic carbocycles. The molecule has 0 radical (unpaired) electrons. The third-order valence-corrected chi connectivity index (χ3v) is 8.56. The number of nitrogens with zero attached hydrogens (tertiary/aromatic N) is 1. The molecule has 1 aliphatic heterocycles. The largest absolute Gasteiger partial charge is 0.481 e. The van der Waals surface area contributed by atoms with Crippen LogP contribution in [0.2, 0.25) is 0 Å². The standard InChI is InChI=1S/C39H46N6O9/c1-24(2)32(42-30(46)20-19-26-13-7-4-8-14-26)37(51)40-25(3)35(49)41-29(21-31(47)48)36(50)43-44-38(52)33-34(54-33)39(53)45(22-27-15-9-5-10-16-27)23-28-17-11-6-12-18-28/h4-18,24-25,29,32-34H,19-23H2,1-3H3,(H,40,51)(H,41,49)(H,42,46)(H,43,50)(H,44,52)(H,47,48)/t25-,29-,32-,33?,34?/m0/s1. The van der Waals surface area contributed by atoms with Crippen LogP contribution in [0, 0.1) is 5.92 Å². The number of epoxide rings is 1. The number of rotatable bonds is 18. The van der Waals surface area contributed by atoms with Crippen molar-refractivity contribution in [2.45, 2.75) is 83.5 Å². The van der Waals surface area contributed by atoms with Crippen LogP contribution in [0.1, 0.15) is 50.3 Å². The summed E-state index contributed by atoms with van der Waals surface area (Å²) in [4.78, 5) is 91.1. The van der Waals surface area contributed by atoms with Gasteiger partial charge in [0.1, 0.15) is 18.1 Å². The van der Waals surface area contributed by atoms with Crippen LogP contribution in [-0.4, -0.2) is 81.8 Å². The molecule has 15 heteroatoms. The predicted molar refractivity (Wildman–Crippen MR) is 195 cm³/mol. The summed E-state index contributed by atoms with van der Waals surface area (Å²) in [5.74, 6) is -6.01. The molecule has 1 aliphatic rings. The zero-order valence-electron chi connectivity index (χ0n) is 30.3. The number of amides is 6. The van der Waals surface area contributed by atoms with Gasteiger partial charge in [0.25, 0.3) is 17.7 Å². The van der Waals surface area contributed by atoms with Crippen LogP contribution in [0.3, 0.4) is 0 Å². The van der Waals surface area contributed by atoms with E-state index in [-0.39, 0.29) is 31.3 Å². The molecule has 1 fully saturated rings. The van der Waals surface area contributed by atoms with Crippen molar-refractivity contribution >= 4 is 41.4 Å². The highest BCUT2D eigenvalue weighted by molar-refractivity contribution is 5.98. The van der Waals surface area contributed by atoms with E-state index in [9.17, 15) is 38.7 Å². The number of hydrazine groups is 1. The molecule has 0 saturated carbocycles. The van der Waals surface area contributed by atoms with Gasteiger partial charge in [-0.25, -0.2) is 0 Å². The molecule has 4 rings (SSSR count). The minimum Gasteiger partial charge on any atom is -0.481 e. The molecule has 6 amide bonds. The second-order valence-corrected chi connectivity index (χ2v) is 13.3. The first-order valence-electron chi connectivity index (χ1n) is 17.6. The maximum atomic E-state index is 13.4. The third kappa shape index (κ3) is 12.5. The van der Waals surface area contributed by atoms with Crippen LogP contribution < -0.4 is 26.8 Å². The van der Waals surface area contributed by atoms with Crippen LogP contribution in [0.5, 0.6) is 0 Å². The van der Waals surface area contributed by atoms with Gasteiger partial charge in [0.2, 0.25) is 17.7 Å². The quantitative estimate of drug-likeness (QED) is 0.0819. The molecule has 3 aromatic rings. The van der Waals surface area contributed by atoms with E-state index in [1.807, 2.05) is 91.0 Å². The number of ether oxygens (including phenoxy) is 1. The number of carbonyl (C=O) groups is 7. The highest BCUT2D eigenvalue weighted by Crippen LogP contribution is 2.26. The van der Waals surface area contributed by atoms with Gasteiger partial charge in [-0.2, -0.15) is 0 Å². The van der Waals surface area contributed by atoms with Gasteiger partial charge in [-0.1, -0.05) is 105 Å². The maximum Gasteiger partial charge on any atom is 0.305 e. The summed E-state index contributed by atoms with van der Waals surface area (Å²) in [5, 5.41) is 16.9. The van der Waals surface area contributed by atoms with Crippen LogP contribution in [0.25, 0.3) is 0 Å². The van der Waals surface area contributed by atoms with E-state index in [0.717, 1.165) is 16.7 Å². The smallest absolute Gasteiger partial charge is 0.305 e. The van der Waals surface area contributed by atoms with E-state index >= 15 is 0 Å². The lowest BCUT2D eigenvalue weighted by Gasteiger charge is -2.25. The number of carboxylic acid groups (broad SMARTS) is 1. The molecule has 0 bridgehead atoms. The minimum absolute atomic E-state index is 0.143. The number of benzene rings is 3. The SMILES string of the molecule is CC(C)[C@H](NC(=O)CCc1ccccc1)C(=O)N[C@@H](C)C(=O)N[C@@H](CC(=O)O)C(=O)NNC(=O)C1OC1C(=O)N(Cc1ccccc1)Cc1ccccc1. The Kier molecular flexibility index (Phi) is 14.8. The number of hydrogen-bond acceptors (Lipinski definition) is 8. The number of carboxylic acids is 1. The van der Waals surface area contributed by atoms with Crippen molar-refractivity contribution < 1.29 is 43.4 Å². The van der Waals surface area contributed by atoms with Gasteiger partial charge in [0.05, 0.1) is 6.42 Å². The molecule has 15 nitrogen and oxygen atoms in total. The average molecular weight is 743 g/mol. The van der Waals surface area contributed by atoms with E-state index in [0.29, 0.717) is 6.42 Å². The summed E-state index contributed by atoms with van der Waals surface area (Å²) in [6.07, 6.45) is -2.57. The third-order valence-electron chi connectivity index (χ3n) is 8.56. The molecule has 0 aromatic heterocycles. The Balaban J connectivity index is 1.28. The molecule has 286 valence electrons. The highest BCUT2D eigenvalue weighted by atomic mass is 16.6. The van der Waals surface area contributed by atoms with Crippen molar-refractivity contribution in [2.24, 2.45) is 5.92 Å². The summed E-state index contributed by atoms with van der Waals surface area (Å²) in [6, 6.07) is 24.1. The van der Waals surface area contributed by atoms with Crippen molar-refractivity contribution in [3.8, 4) is 0 Å². The molecule has 1 heterocycles. The lowest BCUT2D eigenvalue weighted by molar-refractivity contribution is -0.141. The van der Waals surface area contributed by atoms with Gasteiger partial charge in [-0.15, -0.1) is 0 Å². The molecule has 6 N–H and O–H groups in total. The Morgan fingerprint density at radius 3 is 1.72 bits per heavy atom. The molecular weight excluding hydrogens is 696 g/mol. The van der Waals surface area contributed by atoms with Crippen LogP contribution >= 0.6 is 0 Å². The fourth-order valence-electron chi connectivity index (χ4n) is 5.51. The Hall–Kier alpha value is -6.09. The van der Waals surface area contributed by atoms with Crippen molar-refractivity contribution in [1.29, 1.82) is 0 Å². The molecule has 54 heavy (non-hydrogen) atoms. The Bertz CT molecular complexity index is 1730. The van der Waals surface area contributed by atoms with Crippen molar-refractivity contribution in [2.75, 3.05) is 0 Å². The van der Waals surface area contributed by atoms with Gasteiger partial charge in [0, 0.05) is 19.5 Å². The summed E-state index contributed by atoms with van der Waals surface area (Å²) in [6.45, 7) is 5.31. The first kappa shape index (κ1) is 40.7. The zero-order chi connectivity index (χ0) is 39.2. The zero-order valence-corrected chi connectivity index (χ0v) is 30.3. The lowest BCUT2D eigenvalue weighted by Crippen LogP contribution is -2.58. The maximum absolute atomic E-state index is 13.4. The average Bonchev–Trinajstić information content (AvgIpc) is 3.96. The summed E-state index contributed by atoms with van der Waals surface area (Å²) in [5.41, 5.74) is 6.93. The van der Waals surface area contributed by atoms with Crippen LogP contribution in [0.15, 0.2) is 91.0 Å². The fourth-order valence-corrected chi connectivity index (χ4v) is 5.51. The van der Waals surface area contributed by atoms with E-state index in [1.54, 1.807) is 18.7 Å². The number of carbonyl (C=O) groups excluding carboxylic acids is 6. The Morgan fingerprint density at radius 1 is 0.667 bits per heavy atom. The van der Waals surface area contributed by atoms with Crippen molar-refractivity contribution in [3.05, 3.63) is 108 Å². The monoisotopic (exact) mass is 742 g/mol. The van der Waals surface area contributed by atoms with Crippen LogP contribution in [0.4, 0.5) is 0 Å². The molecule has 3 aromatic carbocycles. The first-order valence-corrected chi connectivity index (χ1v) is 17.6. The number of nitrogens with one attached hydrogen (secondary N) is 5. The number of hydrogen-bond donors (Lipinski definition) is 6.